The number of anilines is 1. The van der Waals surface area contributed by atoms with Gasteiger partial charge in [-0.15, -0.1) is 0 Å². The Labute approximate surface area is 126 Å². The van der Waals surface area contributed by atoms with Crippen LogP contribution in [0.15, 0.2) is 38.8 Å². The Hall–Kier alpha value is -2.55. The zero-order chi connectivity index (χ0) is 16.3. The highest BCUT2D eigenvalue weighted by molar-refractivity contribution is 7.92. The molecule has 3 N–H and O–H groups in total. The Bertz CT molecular complexity index is 898. The van der Waals surface area contributed by atoms with Gasteiger partial charge >= 0.3 is 5.69 Å². The van der Waals surface area contributed by atoms with Crippen molar-refractivity contribution in [3.05, 3.63) is 50.8 Å². The summed E-state index contributed by atoms with van der Waals surface area (Å²) < 4.78 is 32.2. The van der Waals surface area contributed by atoms with E-state index in [1.807, 2.05) is 4.98 Å². The predicted molar refractivity (Wildman–Crippen MR) is 80.8 cm³/mol. The molecule has 0 aliphatic heterocycles. The van der Waals surface area contributed by atoms with Crippen molar-refractivity contribution in [3.8, 4) is 5.75 Å². The average Bonchev–Trinajstić information content (AvgIpc) is 2.36. The van der Waals surface area contributed by atoms with E-state index in [4.69, 9.17) is 4.74 Å². The second kappa shape index (κ2) is 6.06. The molecule has 1 aromatic heterocycles. The van der Waals surface area contributed by atoms with Crippen LogP contribution in [0.2, 0.25) is 0 Å². The minimum atomic E-state index is -4.14. The minimum Gasteiger partial charge on any atom is -0.494 e. The molecular weight excluding hydrogens is 310 g/mol. The molecule has 0 unspecified atom stereocenters. The molecule has 0 amide bonds. The van der Waals surface area contributed by atoms with Crippen LogP contribution in [-0.2, 0) is 10.0 Å². The zero-order valence-electron chi connectivity index (χ0n) is 12.0. The number of aryl methyl sites for hydroxylation is 1. The molecule has 0 saturated carbocycles. The van der Waals surface area contributed by atoms with Crippen molar-refractivity contribution in [1.29, 1.82) is 0 Å². The summed E-state index contributed by atoms with van der Waals surface area (Å²) >= 11 is 0. The predicted octanol–water partition coefficient (Wildman–Crippen LogP) is 0.571. The molecule has 0 saturated heterocycles. The van der Waals surface area contributed by atoms with Gasteiger partial charge in [0.15, 0.2) is 4.90 Å². The number of sulfonamides is 1. The average molecular weight is 325 g/mol. The van der Waals surface area contributed by atoms with Gasteiger partial charge in [0, 0.05) is 11.8 Å². The summed E-state index contributed by atoms with van der Waals surface area (Å²) in [6.07, 6.45) is 0. The van der Waals surface area contributed by atoms with E-state index in [9.17, 15) is 18.0 Å². The van der Waals surface area contributed by atoms with Gasteiger partial charge in [0.1, 0.15) is 5.75 Å². The van der Waals surface area contributed by atoms with Crippen LogP contribution in [0.5, 0.6) is 5.75 Å². The third-order valence-corrected chi connectivity index (χ3v) is 4.27. The number of aromatic nitrogens is 2. The largest absolute Gasteiger partial charge is 0.494 e. The van der Waals surface area contributed by atoms with Crippen molar-refractivity contribution in [2.45, 2.75) is 18.7 Å². The van der Waals surface area contributed by atoms with Crippen LogP contribution in [0.4, 0.5) is 5.69 Å². The van der Waals surface area contributed by atoms with Crippen LogP contribution in [0.3, 0.4) is 0 Å². The zero-order valence-corrected chi connectivity index (χ0v) is 12.8. The van der Waals surface area contributed by atoms with Crippen molar-refractivity contribution >= 4 is 15.7 Å². The molecule has 0 bridgehead atoms. The number of hydrogen-bond acceptors (Lipinski definition) is 5. The first kappa shape index (κ1) is 15.8. The molecule has 2 aromatic rings. The summed E-state index contributed by atoms with van der Waals surface area (Å²) in [4.78, 5) is 26.5. The van der Waals surface area contributed by atoms with Crippen molar-refractivity contribution < 1.29 is 13.2 Å². The van der Waals surface area contributed by atoms with E-state index < -0.39 is 26.2 Å². The van der Waals surface area contributed by atoms with Gasteiger partial charge < -0.3 is 9.72 Å². The van der Waals surface area contributed by atoms with Gasteiger partial charge in [0.2, 0.25) is 0 Å². The SMILES string of the molecule is CCOc1cccc(NS(=O)(=O)c2c(C)[nH]c(=O)[nH]c2=O)c1. The fourth-order valence-electron chi connectivity index (χ4n) is 1.93. The topological polar surface area (TPSA) is 121 Å². The molecule has 0 atom stereocenters. The number of benzene rings is 1. The number of rotatable bonds is 5. The van der Waals surface area contributed by atoms with Gasteiger partial charge in [-0.1, -0.05) is 6.07 Å². The fourth-order valence-corrected chi connectivity index (χ4v) is 3.22. The Morgan fingerprint density at radius 3 is 2.59 bits per heavy atom. The van der Waals surface area contributed by atoms with E-state index in [1.165, 1.54) is 19.1 Å². The minimum absolute atomic E-state index is 0.0396. The van der Waals surface area contributed by atoms with Gasteiger partial charge in [-0.25, -0.2) is 13.2 Å². The molecule has 2 rings (SSSR count). The van der Waals surface area contributed by atoms with Crippen LogP contribution in [0.1, 0.15) is 12.6 Å². The molecule has 9 heteroatoms. The van der Waals surface area contributed by atoms with Crippen molar-refractivity contribution in [2.24, 2.45) is 0 Å². The van der Waals surface area contributed by atoms with Crippen molar-refractivity contribution in [2.75, 3.05) is 11.3 Å². The van der Waals surface area contributed by atoms with Crippen molar-refractivity contribution in [1.82, 2.24) is 9.97 Å². The molecule has 0 aliphatic rings. The second-order valence-corrected chi connectivity index (χ2v) is 6.05. The van der Waals surface area contributed by atoms with E-state index in [0.717, 1.165) is 0 Å². The molecule has 118 valence electrons. The molecule has 1 heterocycles. The van der Waals surface area contributed by atoms with Gasteiger partial charge in [-0.2, -0.15) is 0 Å². The fraction of sp³-hybridized carbons (Fsp3) is 0.231. The standard InChI is InChI=1S/C13H15N3O5S/c1-3-21-10-6-4-5-9(7-10)16-22(19,20)11-8(2)14-13(18)15-12(11)17/h4-7,16H,3H2,1-2H3,(H2,14,15,17,18). The summed E-state index contributed by atoms with van der Waals surface area (Å²) in [5.41, 5.74) is -1.53. The van der Waals surface area contributed by atoms with Gasteiger partial charge in [0.05, 0.1) is 12.3 Å². The van der Waals surface area contributed by atoms with Crippen LogP contribution < -0.4 is 20.7 Å². The highest BCUT2D eigenvalue weighted by atomic mass is 32.2. The lowest BCUT2D eigenvalue weighted by molar-refractivity contribution is 0.340. The van der Waals surface area contributed by atoms with Crippen molar-refractivity contribution in [3.63, 3.8) is 0 Å². The summed E-state index contributed by atoms with van der Waals surface area (Å²) in [5, 5.41) is 0. The maximum atomic E-state index is 12.3. The molecule has 0 aliphatic carbocycles. The highest BCUT2D eigenvalue weighted by Gasteiger charge is 2.22. The Morgan fingerprint density at radius 1 is 1.23 bits per heavy atom. The lowest BCUT2D eigenvalue weighted by atomic mass is 10.3. The molecular formula is C13H15N3O5S. The first-order valence-corrected chi connectivity index (χ1v) is 7.90. The number of aromatic amines is 2. The summed E-state index contributed by atoms with van der Waals surface area (Å²) in [7, 11) is -4.14. The van der Waals surface area contributed by atoms with Gasteiger partial charge in [-0.05, 0) is 26.0 Å². The maximum absolute atomic E-state index is 12.3. The Kier molecular flexibility index (Phi) is 4.36. The molecule has 0 fully saturated rings. The normalized spacial score (nSPS) is 11.2. The lowest BCUT2D eigenvalue weighted by Gasteiger charge is -2.10. The third-order valence-electron chi connectivity index (χ3n) is 2.74. The lowest BCUT2D eigenvalue weighted by Crippen LogP contribution is -2.31. The molecule has 1 aromatic carbocycles. The van der Waals surface area contributed by atoms with Gasteiger partial charge in [-0.3, -0.25) is 14.5 Å². The number of hydrogen-bond donors (Lipinski definition) is 3. The van der Waals surface area contributed by atoms with Crippen LogP contribution in [0, 0.1) is 6.92 Å². The van der Waals surface area contributed by atoms with Gasteiger partial charge in [0.25, 0.3) is 15.6 Å². The molecule has 8 nitrogen and oxygen atoms in total. The van der Waals surface area contributed by atoms with Crippen LogP contribution in [0.25, 0.3) is 0 Å². The third kappa shape index (κ3) is 3.37. The first-order valence-electron chi connectivity index (χ1n) is 6.42. The highest BCUT2D eigenvalue weighted by Crippen LogP contribution is 2.20. The Morgan fingerprint density at radius 2 is 1.95 bits per heavy atom. The van der Waals surface area contributed by atoms with E-state index in [1.54, 1.807) is 19.1 Å². The van der Waals surface area contributed by atoms with E-state index in [2.05, 4.69) is 9.71 Å². The maximum Gasteiger partial charge on any atom is 0.325 e. The van der Waals surface area contributed by atoms with E-state index >= 15 is 0 Å². The monoisotopic (exact) mass is 325 g/mol. The van der Waals surface area contributed by atoms with Crippen LogP contribution >= 0.6 is 0 Å². The number of H-pyrrole nitrogens is 2. The quantitative estimate of drug-likeness (QED) is 0.742. The smallest absolute Gasteiger partial charge is 0.325 e. The van der Waals surface area contributed by atoms with E-state index in [0.29, 0.717) is 12.4 Å². The summed E-state index contributed by atoms with van der Waals surface area (Å²) in [6, 6.07) is 6.32. The summed E-state index contributed by atoms with van der Waals surface area (Å²) in [5.74, 6) is 0.495. The number of nitrogens with one attached hydrogen (secondary N) is 3. The molecule has 0 radical (unpaired) electrons. The molecule has 22 heavy (non-hydrogen) atoms. The van der Waals surface area contributed by atoms with E-state index in [-0.39, 0.29) is 11.4 Å². The number of ether oxygens (including phenoxy) is 1. The Balaban J connectivity index is 2.43. The second-order valence-electron chi connectivity index (χ2n) is 4.43. The van der Waals surface area contributed by atoms with Crippen LogP contribution in [-0.4, -0.2) is 25.0 Å². The first-order chi connectivity index (χ1) is 10.3. The summed E-state index contributed by atoms with van der Waals surface area (Å²) in [6.45, 7) is 3.58. The molecule has 0 spiro atoms.